The van der Waals surface area contributed by atoms with Gasteiger partial charge in [-0.05, 0) is 80.3 Å². The number of alkyl halides is 3. The molecule has 5 N–H and O–H groups in total. The number of nitrogens with zero attached hydrogens (tertiary/aromatic N) is 3. The molecule has 2 aliphatic rings. The number of esters is 1. The molecule has 0 bridgehead atoms. The summed E-state index contributed by atoms with van der Waals surface area (Å²) in [6.45, 7) is 3.51. The molecule has 1 aliphatic carbocycles. The fourth-order valence-corrected chi connectivity index (χ4v) is 7.39. The lowest BCUT2D eigenvalue weighted by atomic mass is 9.80. The van der Waals surface area contributed by atoms with Crippen LogP contribution >= 0.6 is 7.60 Å². The summed E-state index contributed by atoms with van der Waals surface area (Å²) in [6, 6.07) is 7.26. The van der Waals surface area contributed by atoms with Crippen molar-refractivity contribution in [2.75, 3.05) is 31.4 Å². The highest BCUT2D eigenvalue weighted by Gasteiger charge is 2.38. The number of nitrogens with one attached hydrogen (secondary N) is 2. The molecule has 270 valence electrons. The number of hydrogen-bond acceptors (Lipinski definition) is 11. The minimum absolute atomic E-state index is 0.0558. The number of halogens is 3. The van der Waals surface area contributed by atoms with Crippen LogP contribution in [0.5, 0.6) is 5.75 Å². The number of hydrogen-bond donors (Lipinski definition) is 4. The molecular formula is C33H40F3N6O7P. The second-order valence-electron chi connectivity index (χ2n) is 12.4. The Morgan fingerprint density at radius 1 is 1.16 bits per heavy atom. The van der Waals surface area contributed by atoms with E-state index >= 15 is 0 Å². The van der Waals surface area contributed by atoms with Crippen molar-refractivity contribution in [2.45, 2.75) is 76.5 Å². The van der Waals surface area contributed by atoms with Crippen LogP contribution in [0.15, 0.2) is 36.5 Å². The largest absolute Gasteiger partial charge is 0.495 e. The molecule has 2 heterocycles. The topological polar surface area (TPSA) is 178 Å². The minimum atomic E-state index is -4.83. The molecule has 1 aromatic heterocycles. The fraction of sp³-hybridized carbons (Fsp3) is 0.455. The van der Waals surface area contributed by atoms with Crippen molar-refractivity contribution in [1.82, 2.24) is 14.9 Å². The van der Waals surface area contributed by atoms with E-state index in [1.807, 2.05) is 6.07 Å². The number of aromatic nitrogens is 2. The molecule has 1 amide bonds. The molecule has 1 unspecified atom stereocenters. The number of nitrogens with two attached hydrogens (primary N) is 1. The smallest absolute Gasteiger partial charge is 0.421 e. The normalized spacial score (nSPS) is 19.4. The Kier molecular flexibility index (Phi) is 11.1. The SMILES string of the molecule is CCOP(=O)(O)Cc1ccc(Nc2ncc(C(F)(F)F)c(Nc3ccc(C4CCC(OC(=O)[C@H](C)N)CC4)c4c3C(=O)N(C)C4)n2)c(OC)c1. The van der Waals surface area contributed by atoms with Crippen LogP contribution in [-0.4, -0.2) is 64.5 Å². The number of benzene rings is 2. The average molecular weight is 721 g/mol. The van der Waals surface area contributed by atoms with Gasteiger partial charge < -0.3 is 40.2 Å². The molecule has 3 aromatic rings. The van der Waals surface area contributed by atoms with Gasteiger partial charge in [-0.2, -0.15) is 18.2 Å². The Hall–Kier alpha value is -4.24. The Bertz CT molecular complexity index is 1800. The van der Waals surface area contributed by atoms with Gasteiger partial charge in [0.15, 0.2) is 0 Å². The van der Waals surface area contributed by atoms with Crippen LogP contribution in [0.1, 0.15) is 78.1 Å². The summed E-state index contributed by atoms with van der Waals surface area (Å²) in [5, 5.41) is 5.62. The number of fused-ring (bicyclic) bond motifs is 1. The van der Waals surface area contributed by atoms with Crippen LogP contribution < -0.4 is 21.1 Å². The molecule has 1 fully saturated rings. The monoisotopic (exact) mass is 720 g/mol. The standard InChI is InChI=1S/C33H40F3N6O7P/c1-5-48-50(45,46)17-19-6-12-25(27(14-19)47-4)40-32-38-15-24(33(34,35)36)29(41-32)39-26-13-11-22(23-16-42(3)30(43)28(23)26)20-7-9-21(10-8-20)49-31(44)18(2)37/h6,11-15,18,20-21H,5,7-10,16-17,37H2,1-4H3,(H,45,46)(H2,38,39,40,41)/t18-,20?,21?/m0/s1. The third-order valence-corrected chi connectivity index (χ3v) is 10.1. The van der Waals surface area contributed by atoms with E-state index in [1.54, 1.807) is 33.0 Å². The summed E-state index contributed by atoms with van der Waals surface area (Å²) in [7, 11) is -0.891. The van der Waals surface area contributed by atoms with Gasteiger partial charge in [-0.1, -0.05) is 12.1 Å². The molecule has 2 atom stereocenters. The maximum absolute atomic E-state index is 14.2. The number of anilines is 4. The lowest BCUT2D eigenvalue weighted by Gasteiger charge is -2.30. The van der Waals surface area contributed by atoms with Crippen molar-refractivity contribution >= 4 is 42.6 Å². The van der Waals surface area contributed by atoms with Gasteiger partial charge in [-0.25, -0.2) is 4.98 Å². The highest BCUT2D eigenvalue weighted by atomic mass is 31.2. The van der Waals surface area contributed by atoms with Crippen molar-refractivity contribution in [1.29, 1.82) is 0 Å². The summed E-state index contributed by atoms with van der Waals surface area (Å²) >= 11 is 0. The summed E-state index contributed by atoms with van der Waals surface area (Å²) in [6.07, 6.45) is -2.07. The average Bonchev–Trinajstić information content (AvgIpc) is 3.35. The van der Waals surface area contributed by atoms with Gasteiger partial charge in [0.05, 0.1) is 36.8 Å². The first-order valence-corrected chi connectivity index (χ1v) is 17.8. The van der Waals surface area contributed by atoms with Gasteiger partial charge in [0.2, 0.25) is 5.95 Å². The minimum Gasteiger partial charge on any atom is -0.495 e. The van der Waals surface area contributed by atoms with Crippen molar-refractivity contribution in [2.24, 2.45) is 5.73 Å². The molecule has 13 nitrogen and oxygen atoms in total. The molecule has 17 heteroatoms. The Balaban J connectivity index is 1.42. The predicted molar refractivity (Wildman–Crippen MR) is 179 cm³/mol. The van der Waals surface area contributed by atoms with Gasteiger partial charge in [0.25, 0.3) is 5.91 Å². The van der Waals surface area contributed by atoms with E-state index in [-0.39, 0.29) is 65.9 Å². The summed E-state index contributed by atoms with van der Waals surface area (Å²) in [4.78, 5) is 44.9. The van der Waals surface area contributed by atoms with E-state index in [1.165, 1.54) is 24.1 Å². The Labute approximate surface area is 287 Å². The number of methoxy groups -OCH3 is 1. The predicted octanol–water partition coefficient (Wildman–Crippen LogP) is 6.22. The van der Waals surface area contributed by atoms with Gasteiger partial charge >= 0.3 is 19.7 Å². The van der Waals surface area contributed by atoms with E-state index in [2.05, 4.69) is 20.6 Å². The van der Waals surface area contributed by atoms with E-state index in [4.69, 9.17) is 19.7 Å². The number of rotatable bonds is 12. The molecular weight excluding hydrogens is 680 g/mol. The van der Waals surface area contributed by atoms with E-state index in [9.17, 15) is 32.2 Å². The quantitative estimate of drug-likeness (QED) is 0.123. The highest BCUT2D eigenvalue weighted by Crippen LogP contribution is 2.47. The second kappa shape index (κ2) is 14.9. The van der Waals surface area contributed by atoms with Crippen molar-refractivity contribution < 1.29 is 46.2 Å². The van der Waals surface area contributed by atoms with Crippen molar-refractivity contribution in [3.8, 4) is 5.75 Å². The molecule has 1 saturated carbocycles. The molecule has 0 radical (unpaired) electrons. The maximum Gasteiger partial charge on any atom is 0.421 e. The Morgan fingerprint density at radius 3 is 2.50 bits per heavy atom. The molecule has 5 rings (SSSR count). The first-order valence-electron chi connectivity index (χ1n) is 16.1. The number of carbonyl (C=O) groups excluding carboxylic acids is 2. The number of amides is 1. The molecule has 0 spiro atoms. The molecule has 0 saturated heterocycles. The first-order chi connectivity index (χ1) is 23.6. The van der Waals surface area contributed by atoms with Gasteiger partial charge in [0.1, 0.15) is 29.3 Å². The summed E-state index contributed by atoms with van der Waals surface area (Å²) < 4.78 is 70.7. The summed E-state index contributed by atoms with van der Waals surface area (Å²) in [5.41, 5.74) is 7.29. The van der Waals surface area contributed by atoms with Crippen LogP contribution in [0.2, 0.25) is 0 Å². The van der Waals surface area contributed by atoms with Crippen LogP contribution in [0.25, 0.3) is 0 Å². The highest BCUT2D eigenvalue weighted by molar-refractivity contribution is 7.51. The third kappa shape index (κ3) is 8.37. The number of carbonyl (C=O) groups is 2. The maximum atomic E-state index is 14.2. The van der Waals surface area contributed by atoms with Crippen molar-refractivity contribution in [3.63, 3.8) is 0 Å². The zero-order valence-corrected chi connectivity index (χ0v) is 28.9. The zero-order chi connectivity index (χ0) is 36.4. The van der Waals surface area contributed by atoms with Crippen LogP contribution in [0, 0.1) is 0 Å². The van der Waals surface area contributed by atoms with Gasteiger partial charge in [-0.15, -0.1) is 0 Å². The second-order valence-corrected chi connectivity index (χ2v) is 14.2. The molecule has 50 heavy (non-hydrogen) atoms. The summed E-state index contributed by atoms with van der Waals surface area (Å²) in [5.74, 6) is -1.28. The van der Waals surface area contributed by atoms with E-state index in [0.29, 0.717) is 37.4 Å². The zero-order valence-electron chi connectivity index (χ0n) is 28.0. The van der Waals surface area contributed by atoms with Crippen molar-refractivity contribution in [3.05, 3.63) is 64.3 Å². The number of ether oxygens (including phenoxy) is 2. The van der Waals surface area contributed by atoms with Crippen LogP contribution in [-0.2, 0) is 37.5 Å². The van der Waals surface area contributed by atoms with Gasteiger partial charge in [-0.3, -0.25) is 14.2 Å². The first kappa shape index (κ1) is 37.0. The Morgan fingerprint density at radius 2 is 1.86 bits per heavy atom. The van der Waals surface area contributed by atoms with Crippen LogP contribution in [0.4, 0.5) is 36.3 Å². The molecule has 1 aliphatic heterocycles. The van der Waals surface area contributed by atoms with E-state index < -0.39 is 37.2 Å². The molecule has 2 aromatic carbocycles. The van der Waals surface area contributed by atoms with Gasteiger partial charge in [0, 0.05) is 19.8 Å². The third-order valence-electron chi connectivity index (χ3n) is 8.65. The van der Waals surface area contributed by atoms with E-state index in [0.717, 1.165) is 11.1 Å². The lowest BCUT2D eigenvalue weighted by Crippen LogP contribution is -2.33. The van der Waals surface area contributed by atoms with Crippen LogP contribution in [0.3, 0.4) is 0 Å². The lowest BCUT2D eigenvalue weighted by molar-refractivity contribution is -0.151. The fourth-order valence-electron chi connectivity index (χ4n) is 6.24.